The van der Waals surface area contributed by atoms with Crippen LogP contribution in [0.25, 0.3) is 0 Å². The van der Waals surface area contributed by atoms with Gasteiger partial charge in [-0.15, -0.1) is 0 Å². The Hall–Kier alpha value is -3.39. The molecule has 0 unspecified atom stereocenters. The van der Waals surface area contributed by atoms with Gasteiger partial charge in [-0.25, -0.2) is 0 Å². The molecule has 5 heteroatoms. The summed E-state index contributed by atoms with van der Waals surface area (Å²) in [7, 11) is 0. The van der Waals surface area contributed by atoms with Crippen LogP contribution in [0.3, 0.4) is 0 Å². The minimum atomic E-state index is -0.536. The van der Waals surface area contributed by atoms with E-state index >= 15 is 0 Å². The Morgan fingerprint density at radius 1 is 1.00 bits per heavy atom. The zero-order valence-electron chi connectivity index (χ0n) is 14.0. The highest BCUT2D eigenvalue weighted by Crippen LogP contribution is 2.27. The summed E-state index contributed by atoms with van der Waals surface area (Å²) in [5.74, 6) is 0. The van der Waals surface area contributed by atoms with Gasteiger partial charge in [-0.3, -0.25) is 9.59 Å². The van der Waals surface area contributed by atoms with Crippen LogP contribution in [-0.4, -0.2) is 0 Å². The Balaban J connectivity index is 1.85. The molecule has 0 aliphatic rings. The summed E-state index contributed by atoms with van der Waals surface area (Å²) in [5.41, 5.74) is 2.60. The molecule has 2 N–H and O–H groups in total. The minimum absolute atomic E-state index is 0.105. The molecule has 0 spiro atoms. The highest BCUT2D eigenvalue weighted by atomic mass is 16.2. The molecule has 25 heavy (non-hydrogen) atoms. The first-order valence-electron chi connectivity index (χ1n) is 7.94. The second kappa shape index (κ2) is 6.62. The standard InChI is InChI=1S/C20H17N3O2/c1-12-10-14(11-21)8-9-16(12)23-18-17(19(24)20(18)25)22-13(2)15-6-4-3-5-7-15/h3-10,13,22-23H,1-2H3/t13-/m1/s1. The average Bonchev–Trinajstić information content (AvgIpc) is 2.65. The monoisotopic (exact) mass is 331 g/mol. The highest BCUT2D eigenvalue weighted by Gasteiger charge is 2.23. The molecule has 124 valence electrons. The lowest BCUT2D eigenvalue weighted by Gasteiger charge is -2.20. The van der Waals surface area contributed by atoms with Gasteiger partial charge in [0.15, 0.2) is 0 Å². The first-order valence-corrected chi connectivity index (χ1v) is 7.94. The molecule has 0 amide bonds. The Morgan fingerprint density at radius 3 is 2.32 bits per heavy atom. The van der Waals surface area contributed by atoms with Crippen molar-refractivity contribution in [2.24, 2.45) is 0 Å². The summed E-state index contributed by atoms with van der Waals surface area (Å²) in [5, 5.41) is 15.1. The van der Waals surface area contributed by atoms with Crippen LogP contribution in [0.4, 0.5) is 17.1 Å². The Labute approximate surface area is 145 Å². The molecule has 5 nitrogen and oxygen atoms in total. The number of anilines is 3. The van der Waals surface area contributed by atoms with Crippen LogP contribution in [0.2, 0.25) is 0 Å². The lowest BCUT2D eigenvalue weighted by atomic mass is 10.1. The molecular formula is C20H17N3O2. The largest absolute Gasteiger partial charge is 0.373 e. The molecule has 3 aromatic rings. The third-order valence-corrected chi connectivity index (χ3v) is 4.19. The normalized spacial score (nSPS) is 11.7. The first-order chi connectivity index (χ1) is 12.0. The van der Waals surface area contributed by atoms with Crippen molar-refractivity contribution >= 4 is 17.1 Å². The van der Waals surface area contributed by atoms with Gasteiger partial charge >= 0.3 is 0 Å². The van der Waals surface area contributed by atoms with Crippen LogP contribution in [0.5, 0.6) is 0 Å². The van der Waals surface area contributed by atoms with Crippen LogP contribution in [0, 0.1) is 18.3 Å². The summed E-state index contributed by atoms with van der Waals surface area (Å²) >= 11 is 0. The van der Waals surface area contributed by atoms with E-state index in [1.54, 1.807) is 18.2 Å². The SMILES string of the molecule is Cc1cc(C#N)ccc1Nc1c(N[C@H](C)c2ccccc2)c(=O)c1=O. The van der Waals surface area contributed by atoms with Gasteiger partial charge < -0.3 is 10.6 Å². The van der Waals surface area contributed by atoms with E-state index in [9.17, 15) is 9.59 Å². The van der Waals surface area contributed by atoms with E-state index in [-0.39, 0.29) is 11.7 Å². The van der Waals surface area contributed by atoms with E-state index in [0.29, 0.717) is 16.9 Å². The third kappa shape index (κ3) is 3.15. The number of rotatable bonds is 5. The number of nitrogens with one attached hydrogen (secondary N) is 2. The number of hydrogen-bond donors (Lipinski definition) is 2. The molecule has 3 rings (SSSR count). The van der Waals surface area contributed by atoms with Crippen molar-refractivity contribution < 1.29 is 0 Å². The molecule has 3 aromatic carbocycles. The highest BCUT2D eigenvalue weighted by molar-refractivity contribution is 5.80. The van der Waals surface area contributed by atoms with Crippen LogP contribution in [0.1, 0.15) is 29.7 Å². The zero-order valence-corrected chi connectivity index (χ0v) is 14.0. The third-order valence-electron chi connectivity index (χ3n) is 4.19. The van der Waals surface area contributed by atoms with E-state index in [0.717, 1.165) is 11.1 Å². The van der Waals surface area contributed by atoms with Gasteiger partial charge in [-0.2, -0.15) is 5.26 Å². The van der Waals surface area contributed by atoms with Crippen LogP contribution < -0.4 is 21.5 Å². The molecular weight excluding hydrogens is 314 g/mol. The number of nitrogens with zero attached hydrogens (tertiary/aromatic N) is 1. The Morgan fingerprint density at radius 2 is 1.68 bits per heavy atom. The number of hydrogen-bond acceptors (Lipinski definition) is 5. The number of benzene rings is 2. The van der Waals surface area contributed by atoms with Crippen molar-refractivity contribution in [3.8, 4) is 6.07 Å². The summed E-state index contributed by atoms with van der Waals surface area (Å²) in [6.07, 6.45) is 0. The van der Waals surface area contributed by atoms with Crippen molar-refractivity contribution in [3.63, 3.8) is 0 Å². The summed E-state index contributed by atoms with van der Waals surface area (Å²) in [4.78, 5) is 23.9. The van der Waals surface area contributed by atoms with Gasteiger partial charge in [-0.1, -0.05) is 30.3 Å². The van der Waals surface area contributed by atoms with Gasteiger partial charge in [0.1, 0.15) is 11.4 Å². The molecule has 0 fully saturated rings. The zero-order chi connectivity index (χ0) is 18.0. The van der Waals surface area contributed by atoms with E-state index in [4.69, 9.17) is 5.26 Å². The van der Waals surface area contributed by atoms with Gasteiger partial charge in [0.2, 0.25) is 0 Å². The maximum absolute atomic E-state index is 12.0. The van der Waals surface area contributed by atoms with Crippen LogP contribution >= 0.6 is 0 Å². The summed E-state index contributed by atoms with van der Waals surface area (Å²) < 4.78 is 0. The van der Waals surface area contributed by atoms with Gasteiger partial charge in [0.25, 0.3) is 10.9 Å². The number of nitriles is 1. The van der Waals surface area contributed by atoms with Crippen LogP contribution in [0.15, 0.2) is 58.1 Å². The topological polar surface area (TPSA) is 82.0 Å². The average molecular weight is 331 g/mol. The molecule has 0 saturated heterocycles. The maximum Gasteiger partial charge on any atom is 0.253 e. The van der Waals surface area contributed by atoms with Crippen molar-refractivity contribution in [1.29, 1.82) is 5.26 Å². The molecule has 0 aliphatic heterocycles. The van der Waals surface area contributed by atoms with E-state index in [1.165, 1.54) is 0 Å². The molecule has 0 bridgehead atoms. The number of aryl methyl sites for hydroxylation is 1. The Bertz CT molecular complexity index is 1030. The maximum atomic E-state index is 12.0. The lowest BCUT2D eigenvalue weighted by molar-refractivity contribution is 0.880. The van der Waals surface area contributed by atoms with E-state index in [1.807, 2.05) is 44.2 Å². The predicted octanol–water partition coefficient (Wildman–Crippen LogP) is 3.38. The van der Waals surface area contributed by atoms with Crippen molar-refractivity contribution in [3.05, 3.63) is 85.7 Å². The quantitative estimate of drug-likeness (QED) is 0.700. The molecule has 0 aliphatic carbocycles. The minimum Gasteiger partial charge on any atom is -0.373 e. The second-order valence-electron chi connectivity index (χ2n) is 5.95. The molecule has 0 aromatic heterocycles. The molecule has 0 saturated carbocycles. The molecule has 0 radical (unpaired) electrons. The summed E-state index contributed by atoms with van der Waals surface area (Å²) in [6.45, 7) is 3.78. The molecule has 0 heterocycles. The predicted molar refractivity (Wildman–Crippen MR) is 99.0 cm³/mol. The smallest absolute Gasteiger partial charge is 0.253 e. The first kappa shape index (κ1) is 16.5. The van der Waals surface area contributed by atoms with Gasteiger partial charge in [0.05, 0.1) is 11.6 Å². The second-order valence-corrected chi connectivity index (χ2v) is 5.95. The van der Waals surface area contributed by atoms with Crippen LogP contribution in [-0.2, 0) is 0 Å². The fourth-order valence-electron chi connectivity index (χ4n) is 2.70. The van der Waals surface area contributed by atoms with E-state index in [2.05, 4.69) is 16.7 Å². The van der Waals surface area contributed by atoms with E-state index < -0.39 is 10.9 Å². The van der Waals surface area contributed by atoms with Crippen molar-refractivity contribution in [2.75, 3.05) is 10.6 Å². The van der Waals surface area contributed by atoms with Crippen molar-refractivity contribution in [1.82, 2.24) is 0 Å². The van der Waals surface area contributed by atoms with Gasteiger partial charge in [-0.05, 0) is 43.2 Å². The van der Waals surface area contributed by atoms with Gasteiger partial charge in [0, 0.05) is 11.7 Å². The Kier molecular flexibility index (Phi) is 4.36. The van der Waals surface area contributed by atoms with Crippen molar-refractivity contribution in [2.45, 2.75) is 19.9 Å². The lowest BCUT2D eigenvalue weighted by Crippen LogP contribution is -2.37. The fraction of sp³-hybridized carbons (Fsp3) is 0.150. The molecule has 1 atom stereocenters. The summed E-state index contributed by atoms with van der Waals surface area (Å²) in [6, 6.07) is 16.8. The fourth-order valence-corrected chi connectivity index (χ4v) is 2.70.